The number of halogens is 1. The first-order valence-electron chi connectivity index (χ1n) is 6.13. The minimum Gasteiger partial charge on any atom is -0.326 e. The third-order valence-corrected chi connectivity index (χ3v) is 3.08. The summed E-state index contributed by atoms with van der Waals surface area (Å²) >= 11 is 0. The molecule has 0 bridgehead atoms. The van der Waals surface area contributed by atoms with E-state index in [1.807, 2.05) is 30.8 Å². The van der Waals surface area contributed by atoms with Gasteiger partial charge in [-0.05, 0) is 36.6 Å². The summed E-state index contributed by atoms with van der Waals surface area (Å²) in [7, 11) is 0. The molecular formula is C14H18FN3. The molecule has 96 valence electrons. The van der Waals surface area contributed by atoms with Gasteiger partial charge in [-0.1, -0.05) is 19.1 Å². The van der Waals surface area contributed by atoms with Gasteiger partial charge in [0.1, 0.15) is 5.82 Å². The third-order valence-electron chi connectivity index (χ3n) is 3.08. The number of aromatic nitrogens is 2. The Balaban J connectivity index is 2.43. The van der Waals surface area contributed by atoms with Gasteiger partial charge in [0, 0.05) is 12.2 Å². The van der Waals surface area contributed by atoms with Crippen molar-refractivity contribution in [2.24, 2.45) is 5.73 Å². The standard InChI is InChI=1S/C14H18FN3/c1-3-13(16)14(18-9-10(2)8-17-18)11-5-4-6-12(15)7-11/h4-9,13-14H,3,16H2,1-2H3. The molecule has 0 aliphatic rings. The van der Waals surface area contributed by atoms with Crippen molar-refractivity contribution in [1.29, 1.82) is 0 Å². The van der Waals surface area contributed by atoms with E-state index in [0.29, 0.717) is 0 Å². The molecule has 1 heterocycles. The van der Waals surface area contributed by atoms with Gasteiger partial charge in [0.15, 0.2) is 0 Å². The van der Waals surface area contributed by atoms with Crippen LogP contribution in [0.25, 0.3) is 0 Å². The Labute approximate surface area is 106 Å². The van der Waals surface area contributed by atoms with E-state index in [4.69, 9.17) is 5.73 Å². The van der Waals surface area contributed by atoms with Crippen LogP contribution in [0.5, 0.6) is 0 Å². The monoisotopic (exact) mass is 247 g/mol. The van der Waals surface area contributed by atoms with Gasteiger partial charge in [0.25, 0.3) is 0 Å². The summed E-state index contributed by atoms with van der Waals surface area (Å²) in [5.74, 6) is -0.246. The van der Waals surface area contributed by atoms with Crippen molar-refractivity contribution in [3.05, 3.63) is 53.6 Å². The molecule has 2 atom stereocenters. The second-order valence-corrected chi connectivity index (χ2v) is 4.57. The summed E-state index contributed by atoms with van der Waals surface area (Å²) in [5.41, 5.74) is 8.08. The summed E-state index contributed by atoms with van der Waals surface area (Å²) in [4.78, 5) is 0. The lowest BCUT2D eigenvalue weighted by atomic mass is 9.98. The average Bonchev–Trinajstić information content (AvgIpc) is 2.76. The van der Waals surface area contributed by atoms with Crippen molar-refractivity contribution in [2.75, 3.05) is 0 Å². The zero-order valence-electron chi connectivity index (χ0n) is 10.7. The largest absolute Gasteiger partial charge is 0.326 e. The summed E-state index contributed by atoms with van der Waals surface area (Å²) in [6.07, 6.45) is 4.53. The molecule has 2 rings (SSSR count). The Bertz CT molecular complexity index is 521. The zero-order valence-corrected chi connectivity index (χ0v) is 10.7. The van der Waals surface area contributed by atoms with Crippen LogP contribution < -0.4 is 5.73 Å². The molecule has 0 aliphatic carbocycles. The quantitative estimate of drug-likeness (QED) is 0.902. The van der Waals surface area contributed by atoms with Crippen LogP contribution >= 0.6 is 0 Å². The van der Waals surface area contributed by atoms with Gasteiger partial charge in [0.05, 0.1) is 12.2 Å². The molecule has 3 nitrogen and oxygen atoms in total. The first kappa shape index (κ1) is 12.8. The molecule has 2 aromatic rings. The number of nitrogens with zero attached hydrogens (tertiary/aromatic N) is 2. The van der Waals surface area contributed by atoms with E-state index in [1.165, 1.54) is 12.1 Å². The SMILES string of the molecule is CCC(N)C(c1cccc(F)c1)n1cc(C)cn1. The number of hydrogen-bond acceptors (Lipinski definition) is 2. The van der Waals surface area contributed by atoms with Gasteiger partial charge >= 0.3 is 0 Å². The predicted molar refractivity (Wildman–Crippen MR) is 69.8 cm³/mol. The lowest BCUT2D eigenvalue weighted by Gasteiger charge is -2.24. The Morgan fingerprint density at radius 3 is 2.78 bits per heavy atom. The summed E-state index contributed by atoms with van der Waals surface area (Å²) in [6.45, 7) is 4.00. The van der Waals surface area contributed by atoms with Crippen LogP contribution in [0, 0.1) is 12.7 Å². The lowest BCUT2D eigenvalue weighted by Crippen LogP contribution is -2.32. The fraction of sp³-hybridized carbons (Fsp3) is 0.357. The Morgan fingerprint density at radius 2 is 2.22 bits per heavy atom. The molecule has 0 radical (unpaired) electrons. The van der Waals surface area contributed by atoms with Crippen LogP contribution in [-0.2, 0) is 0 Å². The molecule has 0 fully saturated rings. The van der Waals surface area contributed by atoms with Crippen LogP contribution in [0.4, 0.5) is 4.39 Å². The van der Waals surface area contributed by atoms with Crippen molar-refractivity contribution in [2.45, 2.75) is 32.4 Å². The van der Waals surface area contributed by atoms with Gasteiger partial charge in [-0.2, -0.15) is 5.10 Å². The lowest BCUT2D eigenvalue weighted by molar-refractivity contribution is 0.422. The summed E-state index contributed by atoms with van der Waals surface area (Å²) in [6, 6.07) is 6.34. The molecule has 2 N–H and O–H groups in total. The van der Waals surface area contributed by atoms with Gasteiger partial charge in [-0.3, -0.25) is 4.68 Å². The molecular weight excluding hydrogens is 229 g/mol. The van der Waals surface area contributed by atoms with Gasteiger partial charge < -0.3 is 5.73 Å². The van der Waals surface area contributed by atoms with Crippen LogP contribution in [0.3, 0.4) is 0 Å². The maximum absolute atomic E-state index is 13.3. The highest BCUT2D eigenvalue weighted by molar-refractivity contribution is 5.23. The molecule has 0 aliphatic heterocycles. The van der Waals surface area contributed by atoms with Crippen LogP contribution in [-0.4, -0.2) is 15.8 Å². The second-order valence-electron chi connectivity index (χ2n) is 4.57. The van der Waals surface area contributed by atoms with Crippen LogP contribution in [0.1, 0.15) is 30.5 Å². The van der Waals surface area contributed by atoms with Crippen LogP contribution in [0.15, 0.2) is 36.7 Å². The predicted octanol–water partition coefficient (Wildman–Crippen LogP) is 2.66. The van der Waals surface area contributed by atoms with Crippen molar-refractivity contribution in [3.8, 4) is 0 Å². The number of hydrogen-bond donors (Lipinski definition) is 1. The number of benzene rings is 1. The molecule has 0 saturated heterocycles. The first-order chi connectivity index (χ1) is 8.61. The summed E-state index contributed by atoms with van der Waals surface area (Å²) in [5, 5.41) is 4.31. The Morgan fingerprint density at radius 1 is 1.44 bits per heavy atom. The van der Waals surface area contributed by atoms with E-state index < -0.39 is 0 Å². The van der Waals surface area contributed by atoms with Crippen LogP contribution in [0.2, 0.25) is 0 Å². The first-order valence-corrected chi connectivity index (χ1v) is 6.13. The fourth-order valence-corrected chi connectivity index (χ4v) is 2.10. The van der Waals surface area contributed by atoms with Gasteiger partial charge in [-0.25, -0.2) is 4.39 Å². The van der Waals surface area contributed by atoms with Crippen molar-refractivity contribution in [3.63, 3.8) is 0 Å². The summed E-state index contributed by atoms with van der Waals surface area (Å²) < 4.78 is 15.2. The van der Waals surface area contributed by atoms with Gasteiger partial charge in [-0.15, -0.1) is 0 Å². The van der Waals surface area contributed by atoms with Gasteiger partial charge in [0.2, 0.25) is 0 Å². The molecule has 2 unspecified atom stereocenters. The maximum Gasteiger partial charge on any atom is 0.123 e. The molecule has 0 amide bonds. The van der Waals surface area contributed by atoms with E-state index in [9.17, 15) is 4.39 Å². The van der Waals surface area contributed by atoms with Crippen molar-refractivity contribution in [1.82, 2.24) is 9.78 Å². The minimum absolute atomic E-state index is 0.0916. The van der Waals surface area contributed by atoms with E-state index in [1.54, 1.807) is 12.3 Å². The highest BCUT2D eigenvalue weighted by Gasteiger charge is 2.21. The van der Waals surface area contributed by atoms with E-state index in [2.05, 4.69) is 5.10 Å². The fourth-order valence-electron chi connectivity index (χ4n) is 2.10. The minimum atomic E-state index is -0.246. The molecule has 1 aromatic carbocycles. The smallest absolute Gasteiger partial charge is 0.123 e. The average molecular weight is 247 g/mol. The normalized spacial score (nSPS) is 14.4. The number of aryl methyl sites for hydroxylation is 1. The maximum atomic E-state index is 13.3. The second kappa shape index (κ2) is 5.31. The molecule has 0 spiro atoms. The topological polar surface area (TPSA) is 43.8 Å². The Kier molecular flexibility index (Phi) is 3.77. The highest BCUT2D eigenvalue weighted by Crippen LogP contribution is 2.23. The zero-order chi connectivity index (χ0) is 13.1. The highest BCUT2D eigenvalue weighted by atomic mass is 19.1. The molecule has 0 saturated carbocycles. The molecule has 4 heteroatoms. The van der Waals surface area contributed by atoms with Crippen molar-refractivity contribution < 1.29 is 4.39 Å². The van der Waals surface area contributed by atoms with E-state index in [0.717, 1.165) is 17.5 Å². The number of nitrogens with two attached hydrogens (primary N) is 1. The van der Waals surface area contributed by atoms with E-state index >= 15 is 0 Å². The van der Waals surface area contributed by atoms with E-state index in [-0.39, 0.29) is 17.9 Å². The molecule has 1 aromatic heterocycles. The molecule has 18 heavy (non-hydrogen) atoms. The third kappa shape index (κ3) is 2.59. The van der Waals surface area contributed by atoms with Crippen molar-refractivity contribution >= 4 is 0 Å². The number of rotatable bonds is 4. The Hall–Kier alpha value is -1.68.